The average Bonchev–Trinajstić information content (AvgIpc) is 3.70. The second-order valence-electron chi connectivity index (χ2n) is 8.89. The SMILES string of the molecule is COC(=O)C1CC(C#N)(c2ccc(OC)c(OCC3CC3)c2)CCC1=NCc1ccccc1. The Balaban J connectivity index is 1.60. The van der Waals surface area contributed by atoms with Gasteiger partial charge in [-0.3, -0.25) is 9.79 Å². The summed E-state index contributed by atoms with van der Waals surface area (Å²) in [6.45, 7) is 1.16. The highest BCUT2D eigenvalue weighted by Gasteiger charge is 2.44. The van der Waals surface area contributed by atoms with E-state index in [9.17, 15) is 10.1 Å². The van der Waals surface area contributed by atoms with Gasteiger partial charge < -0.3 is 14.2 Å². The smallest absolute Gasteiger partial charge is 0.314 e. The molecule has 2 aliphatic rings. The number of methoxy groups -OCH3 is 2. The molecule has 0 spiro atoms. The molecule has 6 nitrogen and oxygen atoms in total. The minimum absolute atomic E-state index is 0.332. The monoisotopic (exact) mass is 446 g/mol. The highest BCUT2D eigenvalue weighted by Crippen LogP contribution is 2.44. The highest BCUT2D eigenvalue weighted by molar-refractivity contribution is 6.03. The van der Waals surface area contributed by atoms with Gasteiger partial charge in [0.2, 0.25) is 0 Å². The molecule has 0 aromatic heterocycles. The molecule has 0 amide bonds. The van der Waals surface area contributed by atoms with Crippen LogP contribution in [-0.4, -0.2) is 32.5 Å². The number of rotatable bonds is 8. The third kappa shape index (κ3) is 5.19. The first kappa shape index (κ1) is 22.8. The van der Waals surface area contributed by atoms with Crippen LogP contribution < -0.4 is 9.47 Å². The predicted molar refractivity (Wildman–Crippen MR) is 125 cm³/mol. The molecule has 2 aromatic carbocycles. The second-order valence-corrected chi connectivity index (χ2v) is 8.89. The summed E-state index contributed by atoms with van der Waals surface area (Å²) < 4.78 is 16.6. The fraction of sp³-hybridized carbons (Fsp3) is 0.444. The summed E-state index contributed by atoms with van der Waals surface area (Å²) in [5, 5.41) is 10.3. The fourth-order valence-corrected chi connectivity index (χ4v) is 4.42. The van der Waals surface area contributed by atoms with Crippen molar-refractivity contribution in [3.8, 4) is 17.6 Å². The molecular formula is C27H30N2O4. The van der Waals surface area contributed by atoms with Gasteiger partial charge in [-0.1, -0.05) is 36.4 Å². The van der Waals surface area contributed by atoms with Crippen molar-refractivity contribution in [2.45, 2.75) is 44.1 Å². The summed E-state index contributed by atoms with van der Waals surface area (Å²) in [5.41, 5.74) is 1.90. The van der Waals surface area contributed by atoms with Gasteiger partial charge in [0, 0.05) is 5.71 Å². The molecule has 0 bridgehead atoms. The Kier molecular flexibility index (Phi) is 6.98. The van der Waals surface area contributed by atoms with Crippen molar-refractivity contribution in [3.63, 3.8) is 0 Å². The molecular weight excluding hydrogens is 416 g/mol. The summed E-state index contributed by atoms with van der Waals surface area (Å²) in [5.74, 6) is 1.00. The third-order valence-electron chi connectivity index (χ3n) is 6.66. The van der Waals surface area contributed by atoms with E-state index in [4.69, 9.17) is 19.2 Å². The number of ether oxygens (including phenoxy) is 3. The molecule has 4 rings (SSSR count). The van der Waals surface area contributed by atoms with Crippen LogP contribution in [0.5, 0.6) is 11.5 Å². The van der Waals surface area contributed by atoms with Crippen LogP contribution in [0.1, 0.15) is 43.2 Å². The van der Waals surface area contributed by atoms with E-state index in [1.165, 1.54) is 20.0 Å². The van der Waals surface area contributed by atoms with Gasteiger partial charge in [-0.05, 0) is 61.3 Å². The van der Waals surface area contributed by atoms with Gasteiger partial charge in [0.05, 0.1) is 44.8 Å². The van der Waals surface area contributed by atoms with E-state index in [2.05, 4.69) is 6.07 Å². The predicted octanol–water partition coefficient (Wildman–Crippen LogP) is 4.86. The van der Waals surface area contributed by atoms with Crippen molar-refractivity contribution in [2.24, 2.45) is 16.8 Å². The van der Waals surface area contributed by atoms with Gasteiger partial charge in [-0.25, -0.2) is 0 Å². The normalized spacial score (nSPS) is 23.5. The van der Waals surface area contributed by atoms with Crippen molar-refractivity contribution in [1.82, 2.24) is 0 Å². The molecule has 0 heterocycles. The number of hydrogen-bond acceptors (Lipinski definition) is 6. The molecule has 2 saturated carbocycles. The van der Waals surface area contributed by atoms with Crippen molar-refractivity contribution < 1.29 is 19.0 Å². The molecule has 33 heavy (non-hydrogen) atoms. The van der Waals surface area contributed by atoms with Crippen LogP contribution in [-0.2, 0) is 21.5 Å². The minimum atomic E-state index is -0.825. The van der Waals surface area contributed by atoms with E-state index in [1.807, 2.05) is 48.5 Å². The van der Waals surface area contributed by atoms with Crippen LogP contribution >= 0.6 is 0 Å². The number of nitriles is 1. The van der Waals surface area contributed by atoms with E-state index in [1.54, 1.807) is 7.11 Å². The number of nitrogens with zero attached hydrogens (tertiary/aromatic N) is 2. The van der Waals surface area contributed by atoms with Gasteiger partial charge >= 0.3 is 5.97 Å². The fourth-order valence-electron chi connectivity index (χ4n) is 4.42. The van der Waals surface area contributed by atoms with Crippen LogP contribution in [0.3, 0.4) is 0 Å². The lowest BCUT2D eigenvalue weighted by molar-refractivity contribution is -0.143. The Morgan fingerprint density at radius 2 is 1.94 bits per heavy atom. The second kappa shape index (κ2) is 10.1. The molecule has 2 aromatic rings. The summed E-state index contributed by atoms with van der Waals surface area (Å²) in [6.07, 6.45) is 3.85. The van der Waals surface area contributed by atoms with Crippen molar-refractivity contribution in [3.05, 3.63) is 59.7 Å². The standard InChI is InChI=1S/C27H30N2O4/c1-31-24-11-10-21(14-25(24)33-17-20-8-9-20)27(18-28)13-12-23(22(15-27)26(30)32-2)29-16-19-6-4-3-5-7-19/h3-7,10-11,14,20,22H,8-9,12-13,15-17H2,1-2H3. The third-order valence-corrected chi connectivity index (χ3v) is 6.66. The van der Waals surface area contributed by atoms with Crippen LogP contribution in [0.4, 0.5) is 0 Å². The summed E-state index contributed by atoms with van der Waals surface area (Å²) in [6, 6.07) is 18.1. The molecule has 2 aliphatic carbocycles. The van der Waals surface area contributed by atoms with Gasteiger partial charge in [-0.15, -0.1) is 0 Å². The summed E-state index contributed by atoms with van der Waals surface area (Å²) >= 11 is 0. The largest absolute Gasteiger partial charge is 0.493 e. The Morgan fingerprint density at radius 3 is 2.61 bits per heavy atom. The summed E-state index contributed by atoms with van der Waals surface area (Å²) in [7, 11) is 3.00. The van der Waals surface area contributed by atoms with E-state index in [-0.39, 0.29) is 5.97 Å². The molecule has 6 heteroatoms. The van der Waals surface area contributed by atoms with Crippen LogP contribution in [0.2, 0.25) is 0 Å². The zero-order valence-corrected chi connectivity index (χ0v) is 19.3. The molecule has 0 N–H and O–H groups in total. The van der Waals surface area contributed by atoms with Crippen molar-refractivity contribution in [1.29, 1.82) is 5.26 Å². The number of carbonyl (C=O) groups excluding carboxylic acids is 1. The van der Waals surface area contributed by atoms with Crippen LogP contribution in [0.15, 0.2) is 53.5 Å². The number of esters is 1. The first-order chi connectivity index (χ1) is 16.1. The molecule has 172 valence electrons. The lowest BCUT2D eigenvalue weighted by Crippen LogP contribution is -2.40. The van der Waals surface area contributed by atoms with Crippen LogP contribution in [0.25, 0.3) is 0 Å². The first-order valence-corrected chi connectivity index (χ1v) is 11.5. The van der Waals surface area contributed by atoms with Gasteiger partial charge in [-0.2, -0.15) is 5.26 Å². The quantitative estimate of drug-likeness (QED) is 0.541. The Labute approximate surface area is 195 Å². The van der Waals surface area contributed by atoms with Gasteiger partial charge in [0.15, 0.2) is 11.5 Å². The Morgan fingerprint density at radius 1 is 1.15 bits per heavy atom. The lowest BCUT2D eigenvalue weighted by Gasteiger charge is -2.36. The van der Waals surface area contributed by atoms with E-state index < -0.39 is 11.3 Å². The zero-order valence-electron chi connectivity index (χ0n) is 19.3. The van der Waals surface area contributed by atoms with E-state index in [0.717, 1.165) is 16.8 Å². The van der Waals surface area contributed by atoms with Gasteiger partial charge in [0.25, 0.3) is 0 Å². The zero-order chi connectivity index (χ0) is 23.3. The Hall–Kier alpha value is -3.33. The lowest BCUT2D eigenvalue weighted by atomic mass is 9.66. The van der Waals surface area contributed by atoms with Crippen LogP contribution in [0, 0.1) is 23.2 Å². The van der Waals surface area contributed by atoms with Gasteiger partial charge in [0.1, 0.15) is 0 Å². The molecule has 2 fully saturated rings. The highest BCUT2D eigenvalue weighted by atomic mass is 16.5. The number of aliphatic imine (C=N–C) groups is 1. The summed E-state index contributed by atoms with van der Waals surface area (Å²) in [4.78, 5) is 17.5. The van der Waals surface area contributed by atoms with Crippen molar-refractivity contribution >= 4 is 11.7 Å². The van der Waals surface area contributed by atoms with E-state index >= 15 is 0 Å². The maximum Gasteiger partial charge on any atom is 0.314 e. The average molecular weight is 447 g/mol. The minimum Gasteiger partial charge on any atom is -0.493 e. The molecule has 2 unspecified atom stereocenters. The van der Waals surface area contributed by atoms with E-state index in [0.29, 0.717) is 49.8 Å². The Bertz CT molecular complexity index is 1060. The number of hydrogen-bond donors (Lipinski definition) is 0. The number of benzene rings is 2. The molecule has 0 radical (unpaired) electrons. The maximum absolute atomic E-state index is 12.7. The number of carbonyl (C=O) groups is 1. The first-order valence-electron chi connectivity index (χ1n) is 11.5. The molecule has 0 saturated heterocycles. The topological polar surface area (TPSA) is 80.9 Å². The van der Waals surface area contributed by atoms with Crippen molar-refractivity contribution in [2.75, 3.05) is 20.8 Å². The molecule has 0 aliphatic heterocycles. The molecule has 2 atom stereocenters. The maximum atomic E-state index is 12.7.